The Morgan fingerprint density at radius 3 is 2.72 bits per heavy atom. The van der Waals surface area contributed by atoms with Gasteiger partial charge in [-0.15, -0.1) is 0 Å². The van der Waals surface area contributed by atoms with Crippen LogP contribution in [0.5, 0.6) is 0 Å². The molecule has 1 heterocycles. The molecule has 25 heavy (non-hydrogen) atoms. The molecule has 8 nitrogen and oxygen atoms in total. The third-order valence-corrected chi connectivity index (χ3v) is 4.11. The Labute approximate surface area is 153 Å². The van der Waals surface area contributed by atoms with E-state index in [1.165, 1.54) is 0 Å². The summed E-state index contributed by atoms with van der Waals surface area (Å²) in [4.78, 5) is 47.0. The fraction of sp³-hybridized carbons (Fsp3) is 0.333. The molecule has 1 aromatic carbocycles. The lowest BCUT2D eigenvalue weighted by Crippen LogP contribution is -2.32. The molecule has 134 valence electrons. The second-order valence-corrected chi connectivity index (χ2v) is 5.90. The molecule has 10 heteroatoms. The number of esters is 1. The SMILES string of the molecule is O=C(COC(=O)CCCN1C(=O)CNC1=O)Nc1cccc(Cl)c1Cl. The molecule has 1 aliphatic heterocycles. The van der Waals surface area contributed by atoms with Crippen LogP contribution in [-0.4, -0.2) is 48.4 Å². The van der Waals surface area contributed by atoms with E-state index in [2.05, 4.69) is 10.6 Å². The Balaban J connectivity index is 1.69. The van der Waals surface area contributed by atoms with Crippen molar-refractivity contribution in [1.29, 1.82) is 0 Å². The van der Waals surface area contributed by atoms with Crippen LogP contribution in [0.3, 0.4) is 0 Å². The highest BCUT2D eigenvalue weighted by atomic mass is 35.5. The Bertz CT molecular complexity index is 694. The number of carbonyl (C=O) groups is 4. The summed E-state index contributed by atoms with van der Waals surface area (Å²) in [5.74, 6) is -1.51. The van der Waals surface area contributed by atoms with Gasteiger partial charge in [0.25, 0.3) is 5.91 Å². The molecule has 0 aromatic heterocycles. The van der Waals surface area contributed by atoms with Crippen LogP contribution in [0.1, 0.15) is 12.8 Å². The fourth-order valence-corrected chi connectivity index (χ4v) is 2.42. The molecule has 4 amide bonds. The molecular weight excluding hydrogens is 373 g/mol. The van der Waals surface area contributed by atoms with Gasteiger partial charge in [-0.25, -0.2) is 4.79 Å². The number of carbonyl (C=O) groups excluding carboxylic acids is 4. The monoisotopic (exact) mass is 387 g/mol. The van der Waals surface area contributed by atoms with Crippen LogP contribution in [-0.2, 0) is 19.1 Å². The first-order valence-corrected chi connectivity index (χ1v) is 8.11. The molecule has 0 spiro atoms. The van der Waals surface area contributed by atoms with E-state index >= 15 is 0 Å². The number of rotatable bonds is 7. The van der Waals surface area contributed by atoms with Crippen molar-refractivity contribution >= 4 is 52.7 Å². The normalized spacial score (nSPS) is 13.6. The predicted molar refractivity (Wildman–Crippen MR) is 90.4 cm³/mol. The van der Waals surface area contributed by atoms with Crippen LogP contribution >= 0.6 is 23.2 Å². The number of urea groups is 1. The quantitative estimate of drug-likeness (QED) is 0.548. The van der Waals surface area contributed by atoms with Gasteiger partial charge in [0.2, 0.25) is 5.91 Å². The molecule has 0 aliphatic carbocycles. The lowest BCUT2D eigenvalue weighted by molar-refractivity contribution is -0.147. The Hall–Kier alpha value is -2.32. The molecule has 0 unspecified atom stereocenters. The third-order valence-electron chi connectivity index (χ3n) is 3.29. The number of nitrogens with one attached hydrogen (secondary N) is 2. The molecule has 0 bridgehead atoms. The van der Waals surface area contributed by atoms with E-state index < -0.39 is 24.5 Å². The standard InChI is InChI=1S/C15H15Cl2N3O5/c16-9-3-1-4-10(14(9)17)19-11(21)8-25-13(23)5-2-6-20-12(22)7-18-15(20)24/h1,3-4H,2,5-8H2,(H,18,24)(H,19,21). The van der Waals surface area contributed by atoms with E-state index in [0.29, 0.717) is 5.69 Å². The second kappa shape index (κ2) is 8.68. The number of benzene rings is 1. The average Bonchev–Trinajstić information content (AvgIpc) is 2.89. The Morgan fingerprint density at radius 1 is 1.28 bits per heavy atom. The minimum absolute atomic E-state index is 0.0255. The fourth-order valence-electron chi connectivity index (χ4n) is 2.07. The molecule has 0 radical (unpaired) electrons. The van der Waals surface area contributed by atoms with Crippen LogP contribution in [0, 0.1) is 0 Å². The van der Waals surface area contributed by atoms with Crippen molar-refractivity contribution < 1.29 is 23.9 Å². The van der Waals surface area contributed by atoms with Gasteiger partial charge in [-0.3, -0.25) is 19.3 Å². The van der Waals surface area contributed by atoms with Crippen LogP contribution in [0.4, 0.5) is 10.5 Å². The maximum absolute atomic E-state index is 11.8. The van der Waals surface area contributed by atoms with Crippen LogP contribution in [0.15, 0.2) is 18.2 Å². The predicted octanol–water partition coefficient (Wildman–Crippen LogP) is 1.81. The number of nitrogens with zero attached hydrogens (tertiary/aromatic N) is 1. The molecule has 2 N–H and O–H groups in total. The zero-order valence-electron chi connectivity index (χ0n) is 13.0. The van der Waals surface area contributed by atoms with Crippen molar-refractivity contribution in [3.8, 4) is 0 Å². The molecule has 1 saturated heterocycles. The Kier molecular flexibility index (Phi) is 6.60. The van der Waals surface area contributed by atoms with E-state index in [9.17, 15) is 19.2 Å². The first kappa shape index (κ1) is 19.0. The number of hydrogen-bond donors (Lipinski definition) is 2. The number of amides is 4. The highest BCUT2D eigenvalue weighted by Gasteiger charge is 2.27. The van der Waals surface area contributed by atoms with E-state index in [1.54, 1.807) is 18.2 Å². The summed E-state index contributed by atoms with van der Waals surface area (Å²) < 4.78 is 4.83. The van der Waals surface area contributed by atoms with Crippen LogP contribution < -0.4 is 10.6 Å². The average molecular weight is 388 g/mol. The number of ether oxygens (including phenoxy) is 1. The molecule has 0 atom stereocenters. The summed E-state index contributed by atoms with van der Waals surface area (Å²) in [5, 5.41) is 5.34. The topological polar surface area (TPSA) is 105 Å². The van der Waals surface area contributed by atoms with Crippen molar-refractivity contribution in [1.82, 2.24) is 10.2 Å². The van der Waals surface area contributed by atoms with Crippen molar-refractivity contribution in [2.75, 3.05) is 25.0 Å². The lowest BCUT2D eigenvalue weighted by Gasteiger charge is -2.11. The Morgan fingerprint density at radius 2 is 2.04 bits per heavy atom. The van der Waals surface area contributed by atoms with E-state index in [1.807, 2.05) is 0 Å². The summed E-state index contributed by atoms with van der Waals surface area (Å²) >= 11 is 11.8. The van der Waals surface area contributed by atoms with Gasteiger partial charge in [0.1, 0.15) is 0 Å². The number of imide groups is 1. The van der Waals surface area contributed by atoms with Gasteiger partial charge in [-0.05, 0) is 18.6 Å². The van der Waals surface area contributed by atoms with Gasteiger partial charge in [-0.1, -0.05) is 29.3 Å². The number of anilines is 1. The van der Waals surface area contributed by atoms with Gasteiger partial charge in [0.05, 0.1) is 22.3 Å². The minimum Gasteiger partial charge on any atom is -0.456 e. The number of halogens is 2. The zero-order chi connectivity index (χ0) is 18.4. The van der Waals surface area contributed by atoms with E-state index in [0.717, 1.165) is 4.90 Å². The smallest absolute Gasteiger partial charge is 0.324 e. The van der Waals surface area contributed by atoms with Crippen LogP contribution in [0.2, 0.25) is 10.0 Å². The highest BCUT2D eigenvalue weighted by molar-refractivity contribution is 6.44. The second-order valence-electron chi connectivity index (χ2n) is 5.12. The molecule has 2 rings (SSSR count). The maximum Gasteiger partial charge on any atom is 0.324 e. The highest BCUT2D eigenvalue weighted by Crippen LogP contribution is 2.29. The molecular formula is C15H15Cl2N3O5. The summed E-state index contributed by atoms with van der Waals surface area (Å²) in [6, 6.07) is 4.28. The first-order valence-electron chi connectivity index (χ1n) is 7.36. The summed E-state index contributed by atoms with van der Waals surface area (Å²) in [6.07, 6.45) is 0.224. The van der Waals surface area contributed by atoms with E-state index in [-0.39, 0.29) is 41.9 Å². The maximum atomic E-state index is 11.8. The van der Waals surface area contributed by atoms with Gasteiger partial charge >= 0.3 is 12.0 Å². The van der Waals surface area contributed by atoms with Crippen molar-refractivity contribution in [2.24, 2.45) is 0 Å². The van der Waals surface area contributed by atoms with Crippen molar-refractivity contribution in [2.45, 2.75) is 12.8 Å². The zero-order valence-corrected chi connectivity index (χ0v) is 14.5. The van der Waals surface area contributed by atoms with Crippen LogP contribution in [0.25, 0.3) is 0 Å². The van der Waals surface area contributed by atoms with Crippen molar-refractivity contribution in [3.63, 3.8) is 0 Å². The summed E-state index contributed by atoms with van der Waals surface area (Å²) in [7, 11) is 0. The summed E-state index contributed by atoms with van der Waals surface area (Å²) in [6.45, 7) is -0.398. The van der Waals surface area contributed by atoms with Gasteiger partial charge < -0.3 is 15.4 Å². The molecule has 1 aliphatic rings. The van der Waals surface area contributed by atoms with Gasteiger partial charge in [0, 0.05) is 13.0 Å². The van der Waals surface area contributed by atoms with Gasteiger partial charge in [0.15, 0.2) is 6.61 Å². The molecule has 1 fully saturated rings. The lowest BCUT2D eigenvalue weighted by atomic mass is 10.3. The van der Waals surface area contributed by atoms with Crippen molar-refractivity contribution in [3.05, 3.63) is 28.2 Å². The molecule has 1 aromatic rings. The van der Waals surface area contributed by atoms with Gasteiger partial charge in [-0.2, -0.15) is 0 Å². The first-order chi connectivity index (χ1) is 11.9. The third kappa shape index (κ3) is 5.33. The molecule has 0 saturated carbocycles. The largest absolute Gasteiger partial charge is 0.456 e. The minimum atomic E-state index is -0.612. The van der Waals surface area contributed by atoms with E-state index in [4.69, 9.17) is 27.9 Å². The number of hydrogen-bond acceptors (Lipinski definition) is 5. The summed E-state index contributed by atoms with van der Waals surface area (Å²) in [5.41, 5.74) is 0.314.